The van der Waals surface area contributed by atoms with Gasteiger partial charge in [0.2, 0.25) is 0 Å². The second-order valence-corrected chi connectivity index (χ2v) is 7.70. The number of halogens is 2. The van der Waals surface area contributed by atoms with E-state index >= 15 is 0 Å². The maximum atomic E-state index is 12.6. The number of thiophene rings is 1. The molecule has 0 spiro atoms. The van der Waals surface area contributed by atoms with Crippen molar-refractivity contribution in [3.8, 4) is 5.75 Å². The van der Waals surface area contributed by atoms with Crippen molar-refractivity contribution in [3.63, 3.8) is 0 Å². The molecule has 0 atom stereocenters. The van der Waals surface area contributed by atoms with E-state index in [0.29, 0.717) is 9.90 Å². The fraction of sp³-hybridized carbons (Fsp3) is 0.118. The number of carbonyl (C=O) groups is 1. The highest BCUT2D eigenvalue weighted by Crippen LogP contribution is 2.37. The molecule has 1 amide bonds. The normalized spacial score (nSPS) is 10.8. The lowest BCUT2D eigenvalue weighted by Crippen LogP contribution is -2.11. The molecule has 0 bridgehead atoms. The van der Waals surface area contributed by atoms with Crippen LogP contribution in [0.15, 0.2) is 36.4 Å². The summed E-state index contributed by atoms with van der Waals surface area (Å²) in [5.74, 6) is 0.525. The van der Waals surface area contributed by atoms with Crippen LogP contribution in [0.3, 0.4) is 0 Å². The Morgan fingerprint density at radius 1 is 1.26 bits per heavy atom. The van der Waals surface area contributed by atoms with Crippen LogP contribution in [0, 0.1) is 10.5 Å². The number of hydrogen-bond donors (Lipinski definition) is 1. The molecule has 0 aliphatic heterocycles. The van der Waals surface area contributed by atoms with Crippen LogP contribution in [0.4, 0.5) is 5.69 Å². The molecule has 1 N–H and O–H groups in total. The van der Waals surface area contributed by atoms with Crippen molar-refractivity contribution in [3.05, 3.63) is 55.4 Å². The van der Waals surface area contributed by atoms with E-state index in [2.05, 4.69) is 27.9 Å². The topological polar surface area (TPSA) is 38.3 Å². The summed E-state index contributed by atoms with van der Waals surface area (Å²) in [5.41, 5.74) is 1.81. The molecule has 1 heterocycles. The quantitative estimate of drug-likeness (QED) is 0.510. The second-order valence-electron chi connectivity index (χ2n) is 5.02. The second kappa shape index (κ2) is 6.67. The van der Waals surface area contributed by atoms with E-state index in [0.717, 1.165) is 30.7 Å². The summed E-state index contributed by atoms with van der Waals surface area (Å²) in [4.78, 5) is 13.1. The molecule has 0 aliphatic rings. The molecule has 6 heteroatoms. The lowest BCUT2D eigenvalue weighted by atomic mass is 10.2. The molecule has 2 aromatic carbocycles. The standard InChI is InChI=1S/C17H13ClINO2S/c1-9-7-10(19)3-5-13(9)20-17(21)16-15(18)12-8-11(22-2)4-6-14(12)23-16/h3-8H,1-2H3,(H,20,21). The minimum atomic E-state index is -0.195. The van der Waals surface area contributed by atoms with Crippen molar-refractivity contribution in [2.45, 2.75) is 6.92 Å². The van der Waals surface area contributed by atoms with Gasteiger partial charge in [-0.05, 0) is 71.5 Å². The Balaban J connectivity index is 1.96. The predicted octanol–water partition coefficient (Wildman–Crippen LogP) is 5.73. The number of benzene rings is 2. The first kappa shape index (κ1) is 16.5. The number of ether oxygens (including phenoxy) is 1. The molecule has 0 unspecified atom stereocenters. The maximum Gasteiger partial charge on any atom is 0.267 e. The SMILES string of the molecule is COc1ccc2sc(C(=O)Nc3ccc(I)cc3C)c(Cl)c2c1. The highest BCUT2D eigenvalue weighted by atomic mass is 127. The van der Waals surface area contributed by atoms with Gasteiger partial charge in [0.15, 0.2) is 0 Å². The van der Waals surface area contributed by atoms with E-state index in [9.17, 15) is 4.79 Å². The van der Waals surface area contributed by atoms with Crippen LogP contribution in [-0.2, 0) is 0 Å². The van der Waals surface area contributed by atoms with Gasteiger partial charge in [-0.25, -0.2) is 0 Å². The van der Waals surface area contributed by atoms with Crippen LogP contribution >= 0.6 is 45.5 Å². The van der Waals surface area contributed by atoms with Gasteiger partial charge in [0.05, 0.1) is 12.1 Å². The molecule has 118 valence electrons. The molecule has 0 fully saturated rings. The summed E-state index contributed by atoms with van der Waals surface area (Å²) in [6, 6.07) is 11.5. The van der Waals surface area contributed by atoms with Gasteiger partial charge in [-0.3, -0.25) is 4.79 Å². The summed E-state index contributed by atoms with van der Waals surface area (Å²) in [6.07, 6.45) is 0. The number of fused-ring (bicyclic) bond motifs is 1. The Labute approximate surface area is 156 Å². The molecule has 0 saturated carbocycles. The lowest BCUT2D eigenvalue weighted by molar-refractivity contribution is 0.103. The third-order valence-corrected chi connectivity index (χ3v) is 5.82. The van der Waals surface area contributed by atoms with Gasteiger partial charge in [-0.1, -0.05) is 11.6 Å². The highest BCUT2D eigenvalue weighted by Gasteiger charge is 2.18. The van der Waals surface area contributed by atoms with Crippen molar-refractivity contribution in [1.29, 1.82) is 0 Å². The van der Waals surface area contributed by atoms with E-state index in [4.69, 9.17) is 16.3 Å². The predicted molar refractivity (Wildman–Crippen MR) is 105 cm³/mol. The smallest absolute Gasteiger partial charge is 0.267 e. The summed E-state index contributed by atoms with van der Waals surface area (Å²) in [5, 5.41) is 4.23. The van der Waals surface area contributed by atoms with Crippen molar-refractivity contribution in [2.75, 3.05) is 12.4 Å². The molecular formula is C17H13ClINO2S. The first-order valence-electron chi connectivity index (χ1n) is 6.83. The van der Waals surface area contributed by atoms with Crippen molar-refractivity contribution >= 4 is 67.2 Å². The molecule has 0 saturated heterocycles. The van der Waals surface area contributed by atoms with E-state index < -0.39 is 0 Å². The van der Waals surface area contributed by atoms with Crippen molar-refractivity contribution in [2.24, 2.45) is 0 Å². The van der Waals surface area contributed by atoms with Crippen LogP contribution in [0.2, 0.25) is 5.02 Å². The van der Waals surface area contributed by atoms with Crippen LogP contribution in [0.25, 0.3) is 10.1 Å². The zero-order valence-corrected chi connectivity index (χ0v) is 16.2. The van der Waals surface area contributed by atoms with Crippen molar-refractivity contribution in [1.82, 2.24) is 0 Å². The molecule has 1 aromatic heterocycles. The molecule has 3 aromatic rings. The van der Waals surface area contributed by atoms with Crippen LogP contribution < -0.4 is 10.1 Å². The first-order chi connectivity index (χ1) is 11.0. The molecule has 0 aliphatic carbocycles. The van der Waals surface area contributed by atoms with E-state index in [-0.39, 0.29) is 5.91 Å². The minimum Gasteiger partial charge on any atom is -0.497 e. The summed E-state index contributed by atoms with van der Waals surface area (Å²) in [7, 11) is 1.61. The third kappa shape index (κ3) is 3.32. The highest BCUT2D eigenvalue weighted by molar-refractivity contribution is 14.1. The number of anilines is 1. The van der Waals surface area contributed by atoms with Gasteiger partial charge in [0, 0.05) is 19.3 Å². The number of nitrogens with one attached hydrogen (secondary N) is 1. The molecular weight excluding hydrogens is 445 g/mol. The van der Waals surface area contributed by atoms with E-state index in [1.54, 1.807) is 7.11 Å². The number of aryl methyl sites for hydroxylation is 1. The fourth-order valence-corrected chi connectivity index (χ4v) is 4.30. The van der Waals surface area contributed by atoms with Crippen LogP contribution in [0.1, 0.15) is 15.2 Å². The Kier molecular flexibility index (Phi) is 4.79. The van der Waals surface area contributed by atoms with E-state index in [1.807, 2.05) is 43.3 Å². The average molecular weight is 458 g/mol. The lowest BCUT2D eigenvalue weighted by Gasteiger charge is -2.08. The fourth-order valence-electron chi connectivity index (χ4n) is 2.27. The Hall–Kier alpha value is -1.31. The number of hydrogen-bond acceptors (Lipinski definition) is 3. The van der Waals surface area contributed by atoms with Gasteiger partial charge < -0.3 is 10.1 Å². The number of rotatable bonds is 3. The summed E-state index contributed by atoms with van der Waals surface area (Å²) >= 11 is 10.0. The average Bonchev–Trinajstić information content (AvgIpc) is 2.86. The third-order valence-electron chi connectivity index (χ3n) is 3.48. The number of amides is 1. The van der Waals surface area contributed by atoms with Gasteiger partial charge in [-0.15, -0.1) is 11.3 Å². The van der Waals surface area contributed by atoms with Gasteiger partial charge in [0.25, 0.3) is 5.91 Å². The van der Waals surface area contributed by atoms with Gasteiger partial charge >= 0.3 is 0 Å². The molecule has 3 nitrogen and oxygen atoms in total. The van der Waals surface area contributed by atoms with Crippen LogP contribution in [-0.4, -0.2) is 13.0 Å². The molecule has 0 radical (unpaired) electrons. The zero-order chi connectivity index (χ0) is 16.6. The Morgan fingerprint density at radius 3 is 2.74 bits per heavy atom. The number of methoxy groups -OCH3 is 1. The minimum absolute atomic E-state index is 0.195. The maximum absolute atomic E-state index is 12.6. The molecule has 3 rings (SSSR count). The Bertz CT molecular complexity index is 907. The number of carbonyl (C=O) groups excluding carboxylic acids is 1. The summed E-state index contributed by atoms with van der Waals surface area (Å²) in [6.45, 7) is 1.97. The monoisotopic (exact) mass is 457 g/mol. The van der Waals surface area contributed by atoms with Crippen LogP contribution in [0.5, 0.6) is 5.75 Å². The van der Waals surface area contributed by atoms with Gasteiger partial charge in [0.1, 0.15) is 10.6 Å². The first-order valence-corrected chi connectivity index (χ1v) is 9.10. The summed E-state index contributed by atoms with van der Waals surface area (Å²) < 4.78 is 7.30. The Morgan fingerprint density at radius 2 is 2.04 bits per heavy atom. The van der Waals surface area contributed by atoms with Crippen molar-refractivity contribution < 1.29 is 9.53 Å². The van der Waals surface area contributed by atoms with Gasteiger partial charge in [-0.2, -0.15) is 0 Å². The molecule has 23 heavy (non-hydrogen) atoms. The zero-order valence-electron chi connectivity index (χ0n) is 12.4. The largest absolute Gasteiger partial charge is 0.497 e. The van der Waals surface area contributed by atoms with E-state index in [1.165, 1.54) is 11.3 Å².